The lowest BCUT2D eigenvalue weighted by atomic mass is 10.1. The van der Waals surface area contributed by atoms with Gasteiger partial charge in [0.15, 0.2) is 0 Å². The lowest BCUT2D eigenvalue weighted by Gasteiger charge is -2.48. The Morgan fingerprint density at radius 2 is 0.955 bits per heavy atom. The van der Waals surface area contributed by atoms with Gasteiger partial charge in [-0.3, -0.25) is 0 Å². The van der Waals surface area contributed by atoms with Gasteiger partial charge in [-0.2, -0.15) is 0 Å². The molecular weight excluding hydrogens is 577 g/mol. The van der Waals surface area contributed by atoms with Crippen molar-refractivity contribution in [1.29, 1.82) is 0 Å². The Balaban J connectivity index is 1.59. The molecule has 0 saturated carbocycles. The Morgan fingerprint density at radius 3 is 1.32 bits per heavy atom. The third-order valence-corrected chi connectivity index (χ3v) is 18.9. The molecule has 0 bridgehead atoms. The molecule has 6 heteroatoms. The quantitative estimate of drug-likeness (QED) is 0.241. The molecule has 0 saturated heterocycles. The molecule has 0 spiro atoms. The van der Waals surface area contributed by atoms with E-state index in [1.54, 1.807) is 12.3 Å². The topological polar surface area (TPSA) is 47.9 Å². The molecule has 5 rings (SSSR count). The first-order valence-electron chi connectivity index (χ1n) is 15.5. The van der Waals surface area contributed by atoms with E-state index in [0.29, 0.717) is 0 Å². The van der Waals surface area contributed by atoms with Crippen molar-refractivity contribution in [3.63, 3.8) is 0 Å². The first kappa shape index (κ1) is 32.1. The van der Waals surface area contributed by atoms with Crippen LogP contribution in [0, 0.1) is 0 Å². The van der Waals surface area contributed by atoms with Crippen LogP contribution < -0.4 is 20.7 Å². The van der Waals surface area contributed by atoms with Crippen LogP contribution >= 0.6 is 0 Å². The van der Waals surface area contributed by atoms with E-state index in [9.17, 15) is 5.11 Å². The number of ether oxygens (including phenoxy) is 1. The highest BCUT2D eigenvalue weighted by molar-refractivity contribution is 7.00. The molecule has 1 aliphatic heterocycles. The summed E-state index contributed by atoms with van der Waals surface area (Å²) in [6, 6.07) is 42.3. The van der Waals surface area contributed by atoms with Gasteiger partial charge in [-0.05, 0) is 36.9 Å². The SMILES string of the molecule is CC(C)(C)[Si](OC[C@H]1OC=C[C@@H](O)[C@@H]1O[Si](c1ccccc1)(c1ccccc1)C(C)(C)C)(c1ccccc1)c1ccccc1. The molecule has 1 heterocycles. The van der Waals surface area contributed by atoms with E-state index in [1.165, 1.54) is 10.4 Å². The second kappa shape index (κ2) is 13.0. The minimum atomic E-state index is -2.98. The van der Waals surface area contributed by atoms with E-state index >= 15 is 0 Å². The highest BCUT2D eigenvalue weighted by atomic mass is 28.4. The molecule has 44 heavy (non-hydrogen) atoms. The van der Waals surface area contributed by atoms with Gasteiger partial charge in [0.25, 0.3) is 16.6 Å². The number of hydrogen-bond donors (Lipinski definition) is 1. The van der Waals surface area contributed by atoms with Crippen molar-refractivity contribution in [2.24, 2.45) is 0 Å². The molecule has 1 N–H and O–H groups in total. The van der Waals surface area contributed by atoms with Crippen molar-refractivity contribution >= 4 is 37.4 Å². The van der Waals surface area contributed by atoms with Crippen LogP contribution in [0.4, 0.5) is 0 Å². The van der Waals surface area contributed by atoms with Crippen LogP contribution in [0.1, 0.15) is 41.5 Å². The minimum Gasteiger partial charge on any atom is -0.493 e. The Morgan fingerprint density at radius 1 is 0.591 bits per heavy atom. The predicted molar refractivity (Wildman–Crippen MR) is 186 cm³/mol. The van der Waals surface area contributed by atoms with E-state index in [2.05, 4.69) is 151 Å². The summed E-state index contributed by atoms with van der Waals surface area (Å²) in [5.41, 5.74) is 0. The first-order valence-corrected chi connectivity index (χ1v) is 19.4. The summed E-state index contributed by atoms with van der Waals surface area (Å²) in [5.74, 6) is 0. The summed E-state index contributed by atoms with van der Waals surface area (Å²) in [6.07, 6.45) is 1.30. The summed E-state index contributed by atoms with van der Waals surface area (Å²) in [6.45, 7) is 13.8. The van der Waals surface area contributed by atoms with Crippen LogP contribution in [-0.2, 0) is 13.6 Å². The third-order valence-electron chi connectivity index (χ3n) is 8.84. The summed E-state index contributed by atoms with van der Waals surface area (Å²) < 4.78 is 21.1. The number of aliphatic hydroxyl groups excluding tert-OH is 1. The maximum absolute atomic E-state index is 11.6. The minimum absolute atomic E-state index is 0.187. The monoisotopic (exact) mass is 622 g/mol. The molecule has 4 nitrogen and oxygen atoms in total. The van der Waals surface area contributed by atoms with Gasteiger partial charge in [0.1, 0.15) is 18.3 Å². The van der Waals surface area contributed by atoms with Gasteiger partial charge < -0.3 is 18.7 Å². The summed E-state index contributed by atoms with van der Waals surface area (Å²) in [7, 11) is -5.82. The number of hydrogen-bond acceptors (Lipinski definition) is 4. The van der Waals surface area contributed by atoms with Crippen molar-refractivity contribution in [3.05, 3.63) is 134 Å². The van der Waals surface area contributed by atoms with Gasteiger partial charge in [0, 0.05) is 0 Å². The molecule has 4 aromatic rings. The molecular formula is C38H46O4Si2. The molecule has 0 unspecified atom stereocenters. The standard InChI is InChI=1S/C38H46O4Si2/c1-37(2,3)43(30-19-11-7-12-20-30,31-21-13-8-14-22-31)41-29-35-36(34(39)27-28-40-35)42-44(38(4,5)6,32-23-15-9-16-24-32)33-25-17-10-18-26-33/h7-28,34-36,39H,29H2,1-6H3/t34-,35-,36+/m1/s1. The number of rotatable bonds is 9. The maximum atomic E-state index is 11.6. The first-order chi connectivity index (χ1) is 21.0. The zero-order valence-electron chi connectivity index (χ0n) is 26.8. The van der Waals surface area contributed by atoms with Crippen LogP contribution in [0.5, 0.6) is 0 Å². The van der Waals surface area contributed by atoms with Gasteiger partial charge in [-0.15, -0.1) is 0 Å². The Labute approximate surface area is 265 Å². The highest BCUT2D eigenvalue weighted by Gasteiger charge is 2.55. The van der Waals surface area contributed by atoms with Gasteiger partial charge in [-0.25, -0.2) is 0 Å². The van der Waals surface area contributed by atoms with E-state index < -0.39 is 34.9 Å². The van der Waals surface area contributed by atoms with Gasteiger partial charge >= 0.3 is 0 Å². The fourth-order valence-corrected chi connectivity index (χ4v) is 16.1. The van der Waals surface area contributed by atoms with Gasteiger partial charge in [0.05, 0.1) is 12.9 Å². The van der Waals surface area contributed by atoms with E-state index in [-0.39, 0.29) is 16.7 Å². The highest BCUT2D eigenvalue weighted by Crippen LogP contribution is 2.40. The zero-order chi connectivity index (χ0) is 31.4. The summed E-state index contributed by atoms with van der Waals surface area (Å²) >= 11 is 0. The smallest absolute Gasteiger partial charge is 0.261 e. The maximum Gasteiger partial charge on any atom is 0.261 e. The lowest BCUT2D eigenvalue weighted by Crippen LogP contribution is -2.70. The van der Waals surface area contributed by atoms with Crippen molar-refractivity contribution in [1.82, 2.24) is 0 Å². The van der Waals surface area contributed by atoms with E-state index in [0.717, 1.165) is 10.4 Å². The van der Waals surface area contributed by atoms with Crippen LogP contribution in [0.3, 0.4) is 0 Å². The molecule has 0 aromatic heterocycles. The average molecular weight is 623 g/mol. The van der Waals surface area contributed by atoms with Crippen LogP contribution in [0.15, 0.2) is 134 Å². The molecule has 3 atom stereocenters. The molecule has 230 valence electrons. The van der Waals surface area contributed by atoms with Crippen LogP contribution in [-0.4, -0.2) is 46.7 Å². The molecule has 1 aliphatic rings. The largest absolute Gasteiger partial charge is 0.493 e. The van der Waals surface area contributed by atoms with Gasteiger partial charge in [-0.1, -0.05) is 163 Å². The van der Waals surface area contributed by atoms with Crippen LogP contribution in [0.25, 0.3) is 0 Å². The predicted octanol–water partition coefficient (Wildman–Crippen LogP) is 5.78. The fourth-order valence-electron chi connectivity index (χ4n) is 6.78. The zero-order valence-corrected chi connectivity index (χ0v) is 28.8. The number of aliphatic hydroxyl groups is 1. The van der Waals surface area contributed by atoms with E-state index in [1.807, 2.05) is 12.1 Å². The lowest BCUT2D eigenvalue weighted by molar-refractivity contribution is -0.0699. The number of benzene rings is 4. The second-order valence-corrected chi connectivity index (χ2v) is 22.3. The van der Waals surface area contributed by atoms with Gasteiger partial charge in [0.2, 0.25) is 0 Å². The van der Waals surface area contributed by atoms with Crippen LogP contribution in [0.2, 0.25) is 10.1 Å². The molecule has 0 amide bonds. The van der Waals surface area contributed by atoms with Crippen molar-refractivity contribution in [2.45, 2.75) is 69.9 Å². The second-order valence-electron chi connectivity index (χ2n) is 13.7. The Bertz CT molecular complexity index is 1420. The molecule has 0 radical (unpaired) electrons. The van der Waals surface area contributed by atoms with Crippen molar-refractivity contribution in [3.8, 4) is 0 Å². The Hall–Kier alpha value is -3.27. The fraction of sp³-hybridized carbons (Fsp3) is 0.316. The average Bonchev–Trinajstić information content (AvgIpc) is 3.02. The Kier molecular flexibility index (Phi) is 9.49. The van der Waals surface area contributed by atoms with Crippen molar-refractivity contribution in [2.75, 3.05) is 6.61 Å². The summed E-state index contributed by atoms with van der Waals surface area (Å²) in [5, 5.41) is 15.9. The molecule has 4 aromatic carbocycles. The van der Waals surface area contributed by atoms with E-state index in [4.69, 9.17) is 13.6 Å². The summed E-state index contributed by atoms with van der Waals surface area (Å²) in [4.78, 5) is 0. The molecule has 0 fully saturated rings. The van der Waals surface area contributed by atoms with Crippen molar-refractivity contribution < 1.29 is 18.7 Å². The normalized spacial score (nSPS) is 19.4. The molecule has 0 aliphatic carbocycles. The third kappa shape index (κ3) is 6.02.